The van der Waals surface area contributed by atoms with E-state index in [1.807, 2.05) is 13.8 Å². The van der Waals surface area contributed by atoms with Crippen LogP contribution in [0.2, 0.25) is 10.0 Å². The van der Waals surface area contributed by atoms with E-state index in [1.165, 1.54) is 16.4 Å². The minimum Gasteiger partial charge on any atom is -0.489 e. The summed E-state index contributed by atoms with van der Waals surface area (Å²) in [5, 5.41) is 3.52. The highest BCUT2D eigenvalue weighted by atomic mass is 35.5. The van der Waals surface area contributed by atoms with E-state index >= 15 is 0 Å². The number of nitrogens with zero attached hydrogens (tertiary/aromatic N) is 1. The molecule has 3 rings (SSSR count). The molecule has 0 aromatic heterocycles. The molecule has 0 radical (unpaired) electrons. The second kappa shape index (κ2) is 10.2. The zero-order valence-corrected chi connectivity index (χ0v) is 19.6. The van der Waals surface area contributed by atoms with Gasteiger partial charge in [-0.1, -0.05) is 29.3 Å². The molecule has 31 heavy (non-hydrogen) atoms. The average Bonchev–Trinajstić information content (AvgIpc) is 2.72. The molecule has 1 fully saturated rings. The second-order valence-electron chi connectivity index (χ2n) is 7.31. The van der Waals surface area contributed by atoms with Crippen LogP contribution in [0.25, 0.3) is 0 Å². The maximum atomic E-state index is 13.0. The SMILES string of the molecule is CC(C)Oc1ccc(S(=O)(=O)N2CCOCC2)cc1NC(=O)Cc1ccc(Cl)c(Cl)c1. The van der Waals surface area contributed by atoms with Crippen molar-refractivity contribution < 1.29 is 22.7 Å². The first kappa shape index (κ1) is 23.8. The Balaban J connectivity index is 1.86. The van der Waals surface area contributed by atoms with Crippen molar-refractivity contribution in [1.29, 1.82) is 0 Å². The van der Waals surface area contributed by atoms with Gasteiger partial charge < -0.3 is 14.8 Å². The molecular formula is C21H24Cl2N2O5S. The highest BCUT2D eigenvalue weighted by Crippen LogP contribution is 2.31. The number of ether oxygens (including phenoxy) is 2. The molecule has 0 atom stereocenters. The Labute approximate surface area is 192 Å². The standard InChI is InChI=1S/C21H24Cl2N2O5S/c1-14(2)30-20-6-4-16(31(27,28)25-7-9-29-10-8-25)13-19(20)24-21(26)12-15-3-5-17(22)18(23)11-15/h3-6,11,13-14H,7-10,12H2,1-2H3,(H,24,26). The summed E-state index contributed by atoms with van der Waals surface area (Å²) in [5.41, 5.74) is 0.961. The predicted molar refractivity (Wildman–Crippen MR) is 121 cm³/mol. The topological polar surface area (TPSA) is 84.9 Å². The van der Waals surface area contributed by atoms with Gasteiger partial charge in [-0.15, -0.1) is 0 Å². The number of sulfonamides is 1. The van der Waals surface area contributed by atoms with E-state index < -0.39 is 10.0 Å². The summed E-state index contributed by atoms with van der Waals surface area (Å²) in [6.07, 6.45) is -0.120. The van der Waals surface area contributed by atoms with Crippen LogP contribution in [0.5, 0.6) is 5.75 Å². The van der Waals surface area contributed by atoms with Crippen molar-refractivity contribution in [2.45, 2.75) is 31.3 Å². The molecule has 0 bridgehead atoms. The lowest BCUT2D eigenvalue weighted by Gasteiger charge is -2.26. The van der Waals surface area contributed by atoms with Crippen LogP contribution in [-0.4, -0.2) is 51.0 Å². The van der Waals surface area contributed by atoms with Crippen LogP contribution < -0.4 is 10.1 Å². The predicted octanol–water partition coefficient (Wildman–Crippen LogP) is 3.98. The highest BCUT2D eigenvalue weighted by Gasteiger charge is 2.27. The largest absolute Gasteiger partial charge is 0.489 e. The molecule has 1 aliphatic heterocycles. The van der Waals surface area contributed by atoms with Crippen molar-refractivity contribution in [3.8, 4) is 5.75 Å². The fraction of sp³-hybridized carbons (Fsp3) is 0.381. The zero-order valence-electron chi connectivity index (χ0n) is 17.2. The van der Waals surface area contributed by atoms with Crippen LogP contribution in [0.15, 0.2) is 41.3 Å². The van der Waals surface area contributed by atoms with Gasteiger partial charge in [0, 0.05) is 13.1 Å². The van der Waals surface area contributed by atoms with Gasteiger partial charge in [0.2, 0.25) is 15.9 Å². The molecule has 1 amide bonds. The maximum Gasteiger partial charge on any atom is 0.243 e. The summed E-state index contributed by atoms with van der Waals surface area (Å²) in [5.74, 6) is 0.0475. The monoisotopic (exact) mass is 486 g/mol. The van der Waals surface area contributed by atoms with Gasteiger partial charge in [-0.2, -0.15) is 4.31 Å². The normalized spacial score (nSPS) is 15.1. The molecule has 1 aliphatic rings. The lowest BCUT2D eigenvalue weighted by molar-refractivity contribution is -0.115. The van der Waals surface area contributed by atoms with E-state index in [0.29, 0.717) is 34.6 Å². The summed E-state index contributed by atoms with van der Waals surface area (Å²) < 4.78 is 38.4. The molecule has 2 aromatic rings. The Morgan fingerprint density at radius 3 is 2.48 bits per heavy atom. The summed E-state index contributed by atoms with van der Waals surface area (Å²) in [6.45, 7) is 4.96. The minimum atomic E-state index is -3.72. The van der Waals surface area contributed by atoms with Gasteiger partial charge in [0.1, 0.15) is 5.75 Å². The Morgan fingerprint density at radius 2 is 1.84 bits per heavy atom. The number of carbonyl (C=O) groups excluding carboxylic acids is 1. The van der Waals surface area contributed by atoms with Crippen LogP contribution in [0, 0.1) is 0 Å². The van der Waals surface area contributed by atoms with E-state index in [4.69, 9.17) is 32.7 Å². The number of morpholine rings is 1. The number of anilines is 1. The molecule has 0 aliphatic carbocycles. The van der Waals surface area contributed by atoms with E-state index in [-0.39, 0.29) is 42.1 Å². The first-order valence-corrected chi connectivity index (χ1v) is 12.0. The highest BCUT2D eigenvalue weighted by molar-refractivity contribution is 7.89. The van der Waals surface area contributed by atoms with Crippen LogP contribution in [-0.2, 0) is 26.0 Å². The van der Waals surface area contributed by atoms with Crippen molar-refractivity contribution in [3.63, 3.8) is 0 Å². The Hall–Kier alpha value is -1.84. The van der Waals surface area contributed by atoms with E-state index in [2.05, 4.69) is 5.32 Å². The molecule has 10 heteroatoms. The smallest absolute Gasteiger partial charge is 0.243 e. The third-order valence-corrected chi connectivity index (χ3v) is 7.18. The quantitative estimate of drug-likeness (QED) is 0.639. The van der Waals surface area contributed by atoms with Crippen LogP contribution in [0.1, 0.15) is 19.4 Å². The average molecular weight is 487 g/mol. The van der Waals surface area contributed by atoms with Crippen molar-refractivity contribution in [1.82, 2.24) is 4.31 Å². The summed E-state index contributed by atoms with van der Waals surface area (Å²) in [4.78, 5) is 12.7. The number of nitrogens with one attached hydrogen (secondary N) is 1. The van der Waals surface area contributed by atoms with Crippen LogP contribution >= 0.6 is 23.2 Å². The lowest BCUT2D eigenvalue weighted by Crippen LogP contribution is -2.40. The van der Waals surface area contributed by atoms with Gasteiger partial charge in [0.15, 0.2) is 0 Å². The molecule has 7 nitrogen and oxygen atoms in total. The summed E-state index contributed by atoms with van der Waals surface area (Å²) in [6, 6.07) is 9.41. The van der Waals surface area contributed by atoms with Crippen LogP contribution in [0.3, 0.4) is 0 Å². The second-order valence-corrected chi connectivity index (χ2v) is 10.1. The number of halogens is 2. The molecule has 0 unspecified atom stereocenters. The molecule has 0 saturated carbocycles. The minimum absolute atomic E-state index is 0.0401. The number of benzene rings is 2. The zero-order chi connectivity index (χ0) is 22.6. The van der Waals surface area contributed by atoms with Gasteiger partial charge in [-0.05, 0) is 49.7 Å². The number of carbonyl (C=O) groups is 1. The third kappa shape index (κ3) is 6.11. The van der Waals surface area contributed by atoms with E-state index in [1.54, 1.807) is 24.3 Å². The third-order valence-electron chi connectivity index (χ3n) is 4.54. The van der Waals surface area contributed by atoms with Gasteiger partial charge in [0.05, 0.1) is 46.4 Å². The maximum absolute atomic E-state index is 13.0. The van der Waals surface area contributed by atoms with Crippen molar-refractivity contribution in [3.05, 3.63) is 52.0 Å². The van der Waals surface area contributed by atoms with E-state index in [9.17, 15) is 13.2 Å². The van der Waals surface area contributed by atoms with Gasteiger partial charge >= 0.3 is 0 Å². The molecule has 2 aromatic carbocycles. The first-order valence-electron chi connectivity index (χ1n) is 9.79. The number of rotatable bonds is 7. The van der Waals surface area contributed by atoms with Crippen LogP contribution in [0.4, 0.5) is 5.69 Å². The van der Waals surface area contributed by atoms with Crippen molar-refractivity contribution in [2.24, 2.45) is 0 Å². The Bertz CT molecular complexity index is 1050. The number of hydrogen-bond acceptors (Lipinski definition) is 5. The Morgan fingerprint density at radius 1 is 1.13 bits per heavy atom. The molecule has 1 N–H and O–H groups in total. The van der Waals surface area contributed by atoms with Gasteiger partial charge in [0.25, 0.3) is 0 Å². The molecule has 1 saturated heterocycles. The number of hydrogen-bond donors (Lipinski definition) is 1. The summed E-state index contributed by atoms with van der Waals surface area (Å²) >= 11 is 11.9. The fourth-order valence-corrected chi connectivity index (χ4v) is 4.84. The molecular weight excluding hydrogens is 463 g/mol. The molecule has 1 heterocycles. The molecule has 0 spiro atoms. The summed E-state index contributed by atoms with van der Waals surface area (Å²) in [7, 11) is -3.72. The van der Waals surface area contributed by atoms with Crippen molar-refractivity contribution >= 4 is 44.8 Å². The first-order chi connectivity index (χ1) is 14.7. The fourth-order valence-electron chi connectivity index (χ4n) is 3.09. The van der Waals surface area contributed by atoms with Crippen molar-refractivity contribution in [2.75, 3.05) is 31.6 Å². The van der Waals surface area contributed by atoms with Gasteiger partial charge in [-0.3, -0.25) is 4.79 Å². The lowest BCUT2D eigenvalue weighted by atomic mass is 10.1. The Kier molecular flexibility index (Phi) is 7.82. The number of amides is 1. The molecule has 168 valence electrons. The van der Waals surface area contributed by atoms with E-state index in [0.717, 1.165) is 0 Å². The van der Waals surface area contributed by atoms with Gasteiger partial charge in [-0.25, -0.2) is 8.42 Å².